The van der Waals surface area contributed by atoms with Gasteiger partial charge in [0.2, 0.25) is 5.88 Å². The predicted molar refractivity (Wildman–Crippen MR) is 68.4 cm³/mol. The van der Waals surface area contributed by atoms with E-state index in [9.17, 15) is 0 Å². The van der Waals surface area contributed by atoms with Gasteiger partial charge in [0.15, 0.2) is 0 Å². The van der Waals surface area contributed by atoms with Crippen LogP contribution in [0.4, 0.5) is 0 Å². The third-order valence-corrected chi connectivity index (χ3v) is 2.67. The number of benzene rings is 1. The topological polar surface area (TPSA) is 48.1 Å². The molecule has 0 saturated carbocycles. The average molecular weight is 249 g/mol. The van der Waals surface area contributed by atoms with Crippen molar-refractivity contribution in [2.75, 3.05) is 0 Å². The van der Waals surface area contributed by atoms with Crippen molar-refractivity contribution in [2.24, 2.45) is 5.73 Å². The van der Waals surface area contributed by atoms with Crippen LogP contribution in [-0.4, -0.2) is 4.98 Å². The quantitative estimate of drug-likeness (QED) is 0.907. The number of aromatic nitrogens is 1. The fraction of sp³-hybridized carbons (Fsp3) is 0.154. The maximum absolute atomic E-state index is 5.92. The van der Waals surface area contributed by atoms with Gasteiger partial charge in [0.1, 0.15) is 5.75 Å². The Kier molecular flexibility index (Phi) is 3.61. The van der Waals surface area contributed by atoms with E-state index in [1.807, 2.05) is 31.2 Å². The van der Waals surface area contributed by atoms with Crippen LogP contribution < -0.4 is 10.5 Å². The molecule has 0 aliphatic rings. The number of hydrogen-bond donors (Lipinski definition) is 1. The molecular formula is C13H13ClN2O. The maximum atomic E-state index is 5.92. The van der Waals surface area contributed by atoms with E-state index in [1.165, 1.54) is 5.56 Å². The number of aryl methyl sites for hydroxylation is 1. The highest BCUT2D eigenvalue weighted by molar-refractivity contribution is 6.31. The van der Waals surface area contributed by atoms with Crippen molar-refractivity contribution in [3.8, 4) is 11.6 Å². The highest BCUT2D eigenvalue weighted by atomic mass is 35.5. The van der Waals surface area contributed by atoms with Gasteiger partial charge in [0, 0.05) is 12.6 Å². The van der Waals surface area contributed by atoms with E-state index in [0.717, 1.165) is 5.75 Å². The van der Waals surface area contributed by atoms with E-state index < -0.39 is 0 Å². The number of hydrogen-bond acceptors (Lipinski definition) is 3. The van der Waals surface area contributed by atoms with E-state index in [2.05, 4.69) is 4.98 Å². The second-order valence-electron chi connectivity index (χ2n) is 3.70. The zero-order valence-corrected chi connectivity index (χ0v) is 10.2. The molecule has 3 nitrogen and oxygen atoms in total. The van der Waals surface area contributed by atoms with Crippen LogP contribution in [0.25, 0.3) is 0 Å². The molecule has 2 rings (SSSR count). The first-order valence-corrected chi connectivity index (χ1v) is 5.67. The summed E-state index contributed by atoms with van der Waals surface area (Å²) in [5.41, 5.74) is 7.35. The lowest BCUT2D eigenvalue weighted by Gasteiger charge is -2.07. The molecule has 2 aromatic rings. The van der Waals surface area contributed by atoms with Crippen LogP contribution in [0.15, 0.2) is 36.4 Å². The van der Waals surface area contributed by atoms with Crippen molar-refractivity contribution in [3.05, 3.63) is 52.7 Å². The zero-order valence-electron chi connectivity index (χ0n) is 9.48. The molecule has 0 bridgehead atoms. The van der Waals surface area contributed by atoms with E-state index in [4.69, 9.17) is 22.1 Å². The minimum Gasteiger partial charge on any atom is -0.439 e. The molecule has 0 aliphatic heterocycles. The Morgan fingerprint density at radius 3 is 2.53 bits per heavy atom. The molecule has 0 aliphatic carbocycles. The Bertz CT molecular complexity index is 511. The molecule has 0 spiro atoms. The van der Waals surface area contributed by atoms with E-state index >= 15 is 0 Å². The summed E-state index contributed by atoms with van der Waals surface area (Å²) >= 11 is 5.92. The lowest BCUT2D eigenvalue weighted by molar-refractivity contribution is 0.460. The SMILES string of the molecule is Cc1ccc(Oc2ccc(Cl)c(CN)n2)cc1. The zero-order chi connectivity index (χ0) is 12.3. The number of ether oxygens (including phenoxy) is 1. The number of nitrogens with two attached hydrogens (primary N) is 1. The Morgan fingerprint density at radius 1 is 1.18 bits per heavy atom. The van der Waals surface area contributed by atoms with Gasteiger partial charge < -0.3 is 10.5 Å². The molecule has 0 saturated heterocycles. The summed E-state index contributed by atoms with van der Waals surface area (Å²) in [6.07, 6.45) is 0. The van der Waals surface area contributed by atoms with Crippen molar-refractivity contribution in [1.29, 1.82) is 0 Å². The highest BCUT2D eigenvalue weighted by Crippen LogP contribution is 2.23. The summed E-state index contributed by atoms with van der Waals surface area (Å²) in [6.45, 7) is 2.32. The Hall–Kier alpha value is -1.58. The molecule has 2 N–H and O–H groups in total. The van der Waals surface area contributed by atoms with Crippen LogP contribution in [0, 0.1) is 6.92 Å². The van der Waals surface area contributed by atoms with Gasteiger partial charge in [-0.1, -0.05) is 29.3 Å². The fourth-order valence-corrected chi connectivity index (χ4v) is 1.57. The van der Waals surface area contributed by atoms with Crippen molar-refractivity contribution in [3.63, 3.8) is 0 Å². The van der Waals surface area contributed by atoms with Crippen LogP contribution in [0.5, 0.6) is 11.6 Å². The van der Waals surface area contributed by atoms with Gasteiger partial charge in [-0.25, -0.2) is 4.98 Å². The van der Waals surface area contributed by atoms with Crippen molar-refractivity contribution in [1.82, 2.24) is 4.98 Å². The van der Waals surface area contributed by atoms with E-state index in [-0.39, 0.29) is 0 Å². The summed E-state index contributed by atoms with van der Waals surface area (Å²) in [7, 11) is 0. The second-order valence-corrected chi connectivity index (χ2v) is 4.10. The summed E-state index contributed by atoms with van der Waals surface area (Å²) in [6, 6.07) is 11.2. The maximum Gasteiger partial charge on any atom is 0.219 e. The van der Waals surface area contributed by atoms with Gasteiger partial charge >= 0.3 is 0 Å². The Balaban J connectivity index is 2.21. The van der Waals surface area contributed by atoms with Crippen molar-refractivity contribution < 1.29 is 4.74 Å². The molecule has 0 atom stereocenters. The highest BCUT2D eigenvalue weighted by Gasteiger charge is 2.04. The van der Waals surface area contributed by atoms with Crippen molar-refractivity contribution in [2.45, 2.75) is 13.5 Å². The normalized spacial score (nSPS) is 10.3. The molecule has 0 radical (unpaired) electrons. The van der Waals surface area contributed by atoms with Gasteiger partial charge in [0.25, 0.3) is 0 Å². The van der Waals surface area contributed by atoms with Gasteiger partial charge in [0.05, 0.1) is 10.7 Å². The third kappa shape index (κ3) is 2.96. The minimum absolute atomic E-state index is 0.296. The van der Waals surface area contributed by atoms with Gasteiger partial charge in [-0.3, -0.25) is 0 Å². The predicted octanol–water partition coefficient (Wildman–Crippen LogP) is 3.29. The number of pyridine rings is 1. The minimum atomic E-state index is 0.296. The first-order chi connectivity index (χ1) is 8.19. The summed E-state index contributed by atoms with van der Waals surface area (Å²) in [5, 5.41) is 0.559. The lowest BCUT2D eigenvalue weighted by atomic mass is 10.2. The molecular weight excluding hydrogens is 236 g/mol. The first-order valence-electron chi connectivity index (χ1n) is 5.29. The van der Waals surface area contributed by atoms with Crippen LogP contribution in [-0.2, 0) is 6.54 Å². The van der Waals surface area contributed by atoms with Crippen LogP contribution >= 0.6 is 11.6 Å². The molecule has 0 fully saturated rings. The van der Waals surface area contributed by atoms with Gasteiger partial charge in [-0.05, 0) is 25.1 Å². The molecule has 0 unspecified atom stereocenters. The number of nitrogens with zero attached hydrogens (tertiary/aromatic N) is 1. The summed E-state index contributed by atoms with van der Waals surface area (Å²) < 4.78 is 5.61. The van der Waals surface area contributed by atoms with E-state index in [1.54, 1.807) is 12.1 Å². The van der Waals surface area contributed by atoms with Crippen LogP contribution in [0.1, 0.15) is 11.3 Å². The van der Waals surface area contributed by atoms with Gasteiger partial charge in [-0.15, -0.1) is 0 Å². The van der Waals surface area contributed by atoms with Crippen LogP contribution in [0.3, 0.4) is 0 Å². The van der Waals surface area contributed by atoms with Crippen molar-refractivity contribution >= 4 is 11.6 Å². The Labute approximate surface area is 105 Å². The average Bonchev–Trinajstić information content (AvgIpc) is 2.34. The molecule has 0 amide bonds. The standard InChI is InChI=1S/C13H13ClN2O/c1-9-2-4-10(5-3-9)17-13-7-6-11(14)12(8-15)16-13/h2-7H,8,15H2,1H3. The first kappa shape index (κ1) is 11.9. The fourth-order valence-electron chi connectivity index (χ4n) is 1.39. The molecule has 17 heavy (non-hydrogen) atoms. The monoisotopic (exact) mass is 248 g/mol. The lowest BCUT2D eigenvalue weighted by Crippen LogP contribution is -2.01. The second kappa shape index (κ2) is 5.17. The smallest absolute Gasteiger partial charge is 0.219 e. The summed E-state index contributed by atoms with van der Waals surface area (Å²) in [5.74, 6) is 1.24. The molecule has 1 aromatic heterocycles. The van der Waals surface area contributed by atoms with Gasteiger partial charge in [-0.2, -0.15) is 0 Å². The largest absolute Gasteiger partial charge is 0.439 e. The van der Waals surface area contributed by atoms with E-state index in [0.29, 0.717) is 23.1 Å². The van der Waals surface area contributed by atoms with Crippen LogP contribution in [0.2, 0.25) is 5.02 Å². The Morgan fingerprint density at radius 2 is 1.88 bits per heavy atom. The third-order valence-electron chi connectivity index (χ3n) is 2.33. The molecule has 1 aromatic carbocycles. The molecule has 1 heterocycles. The number of halogens is 1. The number of rotatable bonds is 3. The molecule has 4 heteroatoms. The molecule has 88 valence electrons. The summed E-state index contributed by atoms with van der Waals surface area (Å²) in [4.78, 5) is 4.23.